The summed E-state index contributed by atoms with van der Waals surface area (Å²) in [5.41, 5.74) is 7.08. The second-order valence-corrected chi connectivity index (χ2v) is 4.69. The molecule has 20 heavy (non-hydrogen) atoms. The molecular weight excluding hydrogens is 254 g/mol. The van der Waals surface area contributed by atoms with Crippen molar-refractivity contribution in [3.8, 4) is 0 Å². The molecule has 1 aromatic rings. The van der Waals surface area contributed by atoms with Crippen molar-refractivity contribution in [2.45, 2.75) is 32.1 Å². The van der Waals surface area contributed by atoms with E-state index >= 15 is 0 Å². The summed E-state index contributed by atoms with van der Waals surface area (Å²) in [6.07, 6.45) is 3.66. The van der Waals surface area contributed by atoms with Crippen molar-refractivity contribution < 1.29 is 9.59 Å². The van der Waals surface area contributed by atoms with E-state index in [1.807, 2.05) is 24.3 Å². The number of rotatable bonds is 8. The minimum Gasteiger partial charge on any atom is -0.359 e. The van der Waals surface area contributed by atoms with Gasteiger partial charge in [-0.2, -0.15) is 0 Å². The van der Waals surface area contributed by atoms with Gasteiger partial charge in [0.25, 0.3) is 0 Å². The summed E-state index contributed by atoms with van der Waals surface area (Å²) in [4.78, 5) is 22.9. The molecule has 0 aliphatic rings. The van der Waals surface area contributed by atoms with Crippen LogP contribution in [-0.2, 0) is 16.0 Å². The van der Waals surface area contributed by atoms with Crippen LogP contribution in [0.5, 0.6) is 0 Å². The maximum Gasteiger partial charge on any atom is 0.224 e. The smallest absolute Gasteiger partial charge is 0.224 e. The summed E-state index contributed by atoms with van der Waals surface area (Å²) in [6, 6.07) is 7.32. The third kappa shape index (κ3) is 6.33. The van der Waals surface area contributed by atoms with Crippen molar-refractivity contribution in [2.75, 3.05) is 18.9 Å². The zero-order chi connectivity index (χ0) is 14.8. The maximum absolute atomic E-state index is 11.7. The van der Waals surface area contributed by atoms with Crippen molar-refractivity contribution in [1.29, 1.82) is 0 Å². The van der Waals surface area contributed by atoms with Crippen molar-refractivity contribution >= 4 is 17.5 Å². The molecule has 0 bridgehead atoms. The zero-order valence-electron chi connectivity index (χ0n) is 11.9. The van der Waals surface area contributed by atoms with Crippen LogP contribution in [0.15, 0.2) is 24.3 Å². The van der Waals surface area contributed by atoms with Crippen LogP contribution in [0.25, 0.3) is 0 Å². The largest absolute Gasteiger partial charge is 0.359 e. The van der Waals surface area contributed by atoms with Gasteiger partial charge in [-0.25, -0.2) is 0 Å². The molecule has 0 heterocycles. The number of carbonyl (C=O) groups is 2. The van der Waals surface area contributed by atoms with E-state index in [1.54, 1.807) is 7.05 Å². The van der Waals surface area contributed by atoms with E-state index in [0.29, 0.717) is 19.4 Å². The van der Waals surface area contributed by atoms with Crippen molar-refractivity contribution in [3.63, 3.8) is 0 Å². The van der Waals surface area contributed by atoms with Crippen LogP contribution >= 0.6 is 0 Å². The molecule has 0 unspecified atom stereocenters. The summed E-state index contributed by atoms with van der Waals surface area (Å²) in [7, 11) is 1.61. The molecule has 0 saturated carbocycles. The first-order chi connectivity index (χ1) is 9.65. The highest BCUT2D eigenvalue weighted by atomic mass is 16.2. The molecular formula is C15H23N3O2. The Labute approximate surface area is 119 Å². The zero-order valence-corrected chi connectivity index (χ0v) is 11.9. The topological polar surface area (TPSA) is 84.2 Å². The van der Waals surface area contributed by atoms with Crippen molar-refractivity contribution in [2.24, 2.45) is 5.73 Å². The number of likely N-dealkylation sites (N-methyl/N-ethyl adjacent to an activating group) is 1. The van der Waals surface area contributed by atoms with E-state index in [1.165, 1.54) is 0 Å². The Kier molecular flexibility index (Phi) is 7.35. The monoisotopic (exact) mass is 277 g/mol. The molecule has 0 aliphatic carbocycles. The van der Waals surface area contributed by atoms with Gasteiger partial charge >= 0.3 is 0 Å². The van der Waals surface area contributed by atoms with Crippen LogP contribution in [0.3, 0.4) is 0 Å². The molecule has 0 radical (unpaired) electrons. The number of carbonyl (C=O) groups excluding carboxylic acids is 2. The van der Waals surface area contributed by atoms with Gasteiger partial charge in [-0.05, 0) is 37.1 Å². The third-order valence-corrected chi connectivity index (χ3v) is 2.99. The first-order valence-electron chi connectivity index (χ1n) is 6.95. The van der Waals surface area contributed by atoms with Crippen LogP contribution in [0.1, 0.15) is 31.2 Å². The molecule has 5 nitrogen and oxygen atoms in total. The van der Waals surface area contributed by atoms with Gasteiger partial charge in [-0.1, -0.05) is 18.6 Å². The molecule has 1 rings (SSSR count). The highest BCUT2D eigenvalue weighted by Gasteiger charge is 2.04. The molecule has 2 amide bonds. The van der Waals surface area contributed by atoms with Gasteiger partial charge in [-0.3, -0.25) is 9.59 Å². The molecule has 0 aromatic heterocycles. The normalized spacial score (nSPS) is 10.1. The second-order valence-electron chi connectivity index (χ2n) is 4.69. The standard InChI is InChI=1S/C15H23N3O2/c1-17-15(20)11-12-6-8-13(9-7-12)18-14(19)5-3-2-4-10-16/h6-9H,2-5,10-11,16H2,1H3,(H,17,20)(H,18,19). The molecule has 0 spiro atoms. The molecule has 0 fully saturated rings. The maximum atomic E-state index is 11.7. The van der Waals surface area contributed by atoms with Crippen molar-refractivity contribution in [1.82, 2.24) is 5.32 Å². The molecule has 5 heteroatoms. The number of hydrogen-bond donors (Lipinski definition) is 3. The summed E-state index contributed by atoms with van der Waals surface area (Å²) in [5, 5.41) is 5.42. The molecule has 1 aromatic carbocycles. The molecule has 0 aliphatic heterocycles. The fourth-order valence-electron chi connectivity index (χ4n) is 1.81. The molecule has 4 N–H and O–H groups in total. The SMILES string of the molecule is CNC(=O)Cc1ccc(NC(=O)CCCCCN)cc1. The van der Waals surface area contributed by atoms with Gasteiger partial charge in [0.1, 0.15) is 0 Å². The summed E-state index contributed by atoms with van der Waals surface area (Å²) < 4.78 is 0. The fourth-order valence-corrected chi connectivity index (χ4v) is 1.81. The Morgan fingerprint density at radius 2 is 1.75 bits per heavy atom. The number of unbranched alkanes of at least 4 members (excludes halogenated alkanes) is 2. The van der Waals surface area contributed by atoms with E-state index in [2.05, 4.69) is 10.6 Å². The second kappa shape index (κ2) is 9.09. The molecule has 0 saturated heterocycles. The van der Waals surface area contributed by atoms with Gasteiger partial charge in [0.05, 0.1) is 6.42 Å². The van der Waals surface area contributed by atoms with E-state index in [-0.39, 0.29) is 11.8 Å². The first kappa shape index (κ1) is 16.2. The summed E-state index contributed by atoms with van der Waals surface area (Å²) in [5.74, 6) is -0.0113. The van der Waals surface area contributed by atoms with Crippen molar-refractivity contribution in [3.05, 3.63) is 29.8 Å². The minimum atomic E-state index is -0.0262. The Morgan fingerprint density at radius 3 is 2.35 bits per heavy atom. The number of anilines is 1. The summed E-state index contributed by atoms with van der Waals surface area (Å²) >= 11 is 0. The van der Waals surface area contributed by atoms with Gasteiger partial charge in [0.15, 0.2) is 0 Å². The lowest BCUT2D eigenvalue weighted by atomic mass is 10.1. The average molecular weight is 277 g/mol. The Hall–Kier alpha value is -1.88. The number of hydrogen-bond acceptors (Lipinski definition) is 3. The lowest BCUT2D eigenvalue weighted by molar-refractivity contribution is -0.120. The number of nitrogens with two attached hydrogens (primary N) is 1. The third-order valence-electron chi connectivity index (χ3n) is 2.99. The quantitative estimate of drug-likeness (QED) is 0.628. The van der Waals surface area contributed by atoms with Gasteiger partial charge in [-0.15, -0.1) is 0 Å². The Bertz CT molecular complexity index is 429. The predicted molar refractivity (Wildman–Crippen MR) is 80.4 cm³/mol. The summed E-state index contributed by atoms with van der Waals surface area (Å²) in [6.45, 7) is 0.675. The molecule has 0 atom stereocenters. The van der Waals surface area contributed by atoms with Gasteiger partial charge < -0.3 is 16.4 Å². The van der Waals surface area contributed by atoms with E-state index < -0.39 is 0 Å². The predicted octanol–water partition coefficient (Wildman–Crippen LogP) is 1.43. The van der Waals surface area contributed by atoms with Crippen LogP contribution in [0.4, 0.5) is 5.69 Å². The van der Waals surface area contributed by atoms with E-state index in [0.717, 1.165) is 30.5 Å². The highest BCUT2D eigenvalue weighted by molar-refractivity contribution is 5.90. The van der Waals surface area contributed by atoms with Gasteiger partial charge in [0, 0.05) is 19.2 Å². The Morgan fingerprint density at radius 1 is 1.05 bits per heavy atom. The number of nitrogens with one attached hydrogen (secondary N) is 2. The number of amides is 2. The number of benzene rings is 1. The van der Waals surface area contributed by atoms with Crippen LogP contribution in [-0.4, -0.2) is 25.4 Å². The lowest BCUT2D eigenvalue weighted by Crippen LogP contribution is -2.19. The lowest BCUT2D eigenvalue weighted by Gasteiger charge is -2.06. The van der Waals surface area contributed by atoms with Gasteiger partial charge in [0.2, 0.25) is 11.8 Å². The molecule has 110 valence electrons. The van der Waals surface area contributed by atoms with Crippen LogP contribution < -0.4 is 16.4 Å². The highest BCUT2D eigenvalue weighted by Crippen LogP contribution is 2.11. The van der Waals surface area contributed by atoms with E-state index in [9.17, 15) is 9.59 Å². The van der Waals surface area contributed by atoms with Crippen LogP contribution in [0.2, 0.25) is 0 Å². The van der Waals surface area contributed by atoms with Crippen LogP contribution in [0, 0.1) is 0 Å². The Balaban J connectivity index is 2.37. The van der Waals surface area contributed by atoms with E-state index in [4.69, 9.17) is 5.73 Å². The minimum absolute atomic E-state index is 0.0149. The fraction of sp³-hybridized carbons (Fsp3) is 0.467. The first-order valence-corrected chi connectivity index (χ1v) is 6.95. The average Bonchev–Trinajstić information content (AvgIpc) is 2.45.